The van der Waals surface area contributed by atoms with E-state index in [0.717, 1.165) is 0 Å². The lowest BCUT2D eigenvalue weighted by Crippen LogP contribution is -1.72. The van der Waals surface area contributed by atoms with E-state index in [0.29, 0.717) is 16.7 Å². The Morgan fingerprint density at radius 2 is 1.73 bits per heavy atom. The van der Waals surface area contributed by atoms with Gasteiger partial charge in [-0.2, -0.15) is 0 Å². The summed E-state index contributed by atoms with van der Waals surface area (Å²) in [5.41, 5.74) is 0. The van der Waals surface area contributed by atoms with Crippen molar-refractivity contribution < 1.29 is 0 Å². The summed E-state index contributed by atoms with van der Waals surface area (Å²) in [7, 11) is 0. The van der Waals surface area contributed by atoms with Crippen molar-refractivity contribution in [1.82, 2.24) is 9.97 Å². The zero-order valence-corrected chi connectivity index (χ0v) is 8.46. The number of halogens is 1. The molecule has 0 N–H and O–H groups in total. The number of rotatable bonds is 2. The van der Waals surface area contributed by atoms with E-state index in [4.69, 9.17) is 11.6 Å². The number of hydrogen-bond acceptors (Lipinski definition) is 4. The monoisotopic (exact) mass is 218 g/mol. The normalized spacial score (nSPS) is 10.7. The van der Waals surface area contributed by atoms with Crippen LogP contribution in [-0.2, 0) is 0 Å². The zero-order chi connectivity index (χ0) is 10.5. The van der Waals surface area contributed by atoms with Gasteiger partial charge in [0.05, 0.1) is 5.02 Å². The molecule has 2 aromatic rings. The third-order valence-electron chi connectivity index (χ3n) is 1.62. The van der Waals surface area contributed by atoms with Gasteiger partial charge in [0.1, 0.15) is 0 Å². The third kappa shape index (κ3) is 2.82. The Hall–Kier alpha value is -1.81. The van der Waals surface area contributed by atoms with Gasteiger partial charge in [0, 0.05) is 12.4 Å². The van der Waals surface area contributed by atoms with Gasteiger partial charge in [-0.05, 0) is 24.3 Å². The number of azo groups is 1. The van der Waals surface area contributed by atoms with E-state index < -0.39 is 0 Å². The molecule has 0 aliphatic carbocycles. The Bertz CT molecular complexity index is 453. The summed E-state index contributed by atoms with van der Waals surface area (Å²) in [6.07, 6.45) is 3.18. The summed E-state index contributed by atoms with van der Waals surface area (Å²) in [4.78, 5) is 7.97. The Labute approximate surface area is 91.7 Å². The van der Waals surface area contributed by atoms with Crippen molar-refractivity contribution in [3.8, 4) is 0 Å². The van der Waals surface area contributed by atoms with E-state index in [9.17, 15) is 0 Å². The highest BCUT2D eigenvalue weighted by molar-refractivity contribution is 6.30. The molecule has 2 heterocycles. The molecule has 0 atom stereocenters. The third-order valence-corrected chi connectivity index (χ3v) is 1.84. The van der Waals surface area contributed by atoms with Crippen LogP contribution in [0.1, 0.15) is 0 Å². The molecular formula is C10H7ClN4. The summed E-state index contributed by atoms with van der Waals surface area (Å²) in [6.45, 7) is 0. The quantitative estimate of drug-likeness (QED) is 0.724. The summed E-state index contributed by atoms with van der Waals surface area (Å²) in [5, 5.41) is 8.40. The largest absolute Gasteiger partial charge is 0.236 e. The van der Waals surface area contributed by atoms with Gasteiger partial charge in [-0.25, -0.2) is 9.97 Å². The Morgan fingerprint density at radius 1 is 0.933 bits per heavy atom. The van der Waals surface area contributed by atoms with Crippen LogP contribution in [0.4, 0.5) is 11.6 Å². The maximum Gasteiger partial charge on any atom is 0.174 e. The van der Waals surface area contributed by atoms with Crippen LogP contribution in [-0.4, -0.2) is 9.97 Å². The van der Waals surface area contributed by atoms with E-state index >= 15 is 0 Å². The van der Waals surface area contributed by atoms with E-state index in [1.165, 1.54) is 6.20 Å². The smallest absolute Gasteiger partial charge is 0.174 e. The molecule has 2 rings (SSSR count). The lowest BCUT2D eigenvalue weighted by molar-refractivity contribution is 1.11. The SMILES string of the molecule is Clc1ccc(N=Nc2ccccn2)nc1. The van der Waals surface area contributed by atoms with Crippen LogP contribution in [0.5, 0.6) is 0 Å². The van der Waals surface area contributed by atoms with Gasteiger partial charge in [-0.15, -0.1) is 10.2 Å². The second-order valence-corrected chi connectivity index (χ2v) is 3.16. The second-order valence-electron chi connectivity index (χ2n) is 2.72. The highest BCUT2D eigenvalue weighted by Gasteiger charge is 1.92. The van der Waals surface area contributed by atoms with Crippen molar-refractivity contribution >= 4 is 23.2 Å². The molecule has 0 aromatic carbocycles. The van der Waals surface area contributed by atoms with Gasteiger partial charge >= 0.3 is 0 Å². The molecule has 0 saturated carbocycles. The van der Waals surface area contributed by atoms with Gasteiger partial charge in [-0.3, -0.25) is 0 Å². The van der Waals surface area contributed by atoms with Gasteiger partial charge in [0.25, 0.3) is 0 Å². The van der Waals surface area contributed by atoms with Gasteiger partial charge < -0.3 is 0 Å². The van der Waals surface area contributed by atoms with E-state index in [1.807, 2.05) is 12.1 Å². The number of nitrogens with zero attached hydrogens (tertiary/aromatic N) is 4. The predicted octanol–water partition coefficient (Wildman–Crippen LogP) is 3.55. The summed E-state index contributed by atoms with van der Waals surface area (Å²) in [6, 6.07) is 8.83. The lowest BCUT2D eigenvalue weighted by atomic mass is 10.5. The first kappa shape index (κ1) is 9.73. The van der Waals surface area contributed by atoms with Crippen LogP contribution in [0.15, 0.2) is 53.0 Å². The van der Waals surface area contributed by atoms with E-state index in [1.54, 1.807) is 24.4 Å². The molecular weight excluding hydrogens is 212 g/mol. The molecule has 0 aliphatic rings. The van der Waals surface area contributed by atoms with Crippen molar-refractivity contribution in [1.29, 1.82) is 0 Å². The second kappa shape index (κ2) is 4.61. The molecule has 0 unspecified atom stereocenters. The van der Waals surface area contributed by atoms with E-state index in [-0.39, 0.29) is 0 Å². The molecule has 4 nitrogen and oxygen atoms in total. The van der Waals surface area contributed by atoms with Crippen molar-refractivity contribution in [3.05, 3.63) is 47.7 Å². The number of aromatic nitrogens is 2. The maximum absolute atomic E-state index is 5.68. The Kier molecular flexibility index (Phi) is 2.99. The molecule has 0 bridgehead atoms. The molecule has 0 fully saturated rings. The van der Waals surface area contributed by atoms with Gasteiger partial charge in [-0.1, -0.05) is 17.7 Å². The predicted molar refractivity (Wildman–Crippen MR) is 57.7 cm³/mol. The average Bonchev–Trinajstić information content (AvgIpc) is 2.30. The highest BCUT2D eigenvalue weighted by Crippen LogP contribution is 2.15. The van der Waals surface area contributed by atoms with Crippen LogP contribution in [0.3, 0.4) is 0 Å². The molecule has 74 valence electrons. The van der Waals surface area contributed by atoms with Crippen LogP contribution >= 0.6 is 11.6 Å². The number of pyridine rings is 2. The average molecular weight is 219 g/mol. The minimum atomic E-state index is 0.505. The van der Waals surface area contributed by atoms with Crippen LogP contribution in [0.2, 0.25) is 5.02 Å². The van der Waals surface area contributed by atoms with Crippen molar-refractivity contribution in [2.75, 3.05) is 0 Å². The van der Waals surface area contributed by atoms with Crippen LogP contribution < -0.4 is 0 Å². The summed E-state index contributed by atoms with van der Waals surface area (Å²) < 4.78 is 0. The number of hydrogen-bond donors (Lipinski definition) is 0. The topological polar surface area (TPSA) is 50.5 Å². The zero-order valence-electron chi connectivity index (χ0n) is 7.71. The first-order valence-corrected chi connectivity index (χ1v) is 4.67. The first-order chi connectivity index (χ1) is 7.34. The van der Waals surface area contributed by atoms with Crippen LogP contribution in [0.25, 0.3) is 0 Å². The van der Waals surface area contributed by atoms with Crippen molar-refractivity contribution in [3.63, 3.8) is 0 Å². The highest BCUT2D eigenvalue weighted by atomic mass is 35.5. The van der Waals surface area contributed by atoms with Crippen molar-refractivity contribution in [2.45, 2.75) is 0 Å². The Morgan fingerprint density at radius 3 is 2.33 bits per heavy atom. The van der Waals surface area contributed by atoms with Gasteiger partial charge in [0.15, 0.2) is 11.6 Å². The van der Waals surface area contributed by atoms with E-state index in [2.05, 4.69) is 20.2 Å². The molecule has 0 amide bonds. The maximum atomic E-state index is 5.68. The molecule has 15 heavy (non-hydrogen) atoms. The fraction of sp³-hybridized carbons (Fsp3) is 0. The molecule has 2 aromatic heterocycles. The van der Waals surface area contributed by atoms with Gasteiger partial charge in [0.2, 0.25) is 0 Å². The minimum Gasteiger partial charge on any atom is -0.236 e. The Balaban J connectivity index is 2.15. The van der Waals surface area contributed by atoms with Crippen LogP contribution in [0, 0.1) is 0 Å². The fourth-order valence-corrected chi connectivity index (χ4v) is 1.05. The molecule has 0 radical (unpaired) electrons. The van der Waals surface area contributed by atoms with Crippen molar-refractivity contribution in [2.24, 2.45) is 10.2 Å². The first-order valence-electron chi connectivity index (χ1n) is 4.29. The standard InChI is InChI=1S/C10H7ClN4/c11-8-4-5-10(13-7-8)15-14-9-3-1-2-6-12-9/h1-7H. The summed E-state index contributed by atoms with van der Waals surface area (Å²) >= 11 is 5.68. The summed E-state index contributed by atoms with van der Waals surface area (Å²) in [5.74, 6) is 1.05. The molecule has 5 heteroatoms. The lowest BCUT2D eigenvalue weighted by Gasteiger charge is -1.91. The molecule has 0 spiro atoms. The fourth-order valence-electron chi connectivity index (χ4n) is 0.943. The molecule has 0 aliphatic heterocycles. The molecule has 0 saturated heterocycles. The minimum absolute atomic E-state index is 0.505.